The fraction of sp³-hybridized carbons (Fsp3) is 0.917. The van der Waals surface area contributed by atoms with Crippen LogP contribution in [0.1, 0.15) is 25.7 Å². The number of ether oxygens (including phenoxy) is 1. The van der Waals surface area contributed by atoms with Crippen molar-refractivity contribution in [1.82, 2.24) is 4.90 Å². The fourth-order valence-corrected chi connectivity index (χ4v) is 2.72. The van der Waals surface area contributed by atoms with E-state index in [2.05, 4.69) is 4.90 Å². The van der Waals surface area contributed by atoms with E-state index in [-0.39, 0.29) is 5.92 Å². The molecular formula is C12H21NO3. The Bertz CT molecular complexity index is 238. The molecule has 1 atom stereocenters. The van der Waals surface area contributed by atoms with E-state index >= 15 is 0 Å². The number of rotatable bonds is 3. The highest BCUT2D eigenvalue weighted by atomic mass is 16.5. The summed E-state index contributed by atoms with van der Waals surface area (Å²) < 4.78 is 5.34. The minimum atomic E-state index is -0.628. The van der Waals surface area contributed by atoms with E-state index in [4.69, 9.17) is 9.84 Å². The van der Waals surface area contributed by atoms with Crippen LogP contribution < -0.4 is 0 Å². The molecule has 92 valence electrons. The second kappa shape index (κ2) is 5.64. The minimum Gasteiger partial charge on any atom is -0.481 e. The van der Waals surface area contributed by atoms with Crippen LogP contribution in [0.2, 0.25) is 0 Å². The van der Waals surface area contributed by atoms with E-state index in [9.17, 15) is 4.79 Å². The van der Waals surface area contributed by atoms with Crippen LogP contribution >= 0.6 is 0 Å². The summed E-state index contributed by atoms with van der Waals surface area (Å²) in [4.78, 5) is 13.3. The minimum absolute atomic E-state index is 0.145. The van der Waals surface area contributed by atoms with Gasteiger partial charge in [0.25, 0.3) is 0 Å². The Morgan fingerprint density at radius 3 is 2.75 bits per heavy atom. The molecule has 2 aliphatic rings. The maximum Gasteiger partial charge on any atom is 0.307 e. The molecule has 16 heavy (non-hydrogen) atoms. The Morgan fingerprint density at radius 1 is 1.31 bits per heavy atom. The van der Waals surface area contributed by atoms with Gasteiger partial charge in [-0.05, 0) is 38.1 Å². The number of hydrogen-bond acceptors (Lipinski definition) is 3. The zero-order valence-electron chi connectivity index (χ0n) is 9.73. The molecule has 1 unspecified atom stereocenters. The number of piperidine rings is 1. The van der Waals surface area contributed by atoms with Gasteiger partial charge >= 0.3 is 5.97 Å². The lowest BCUT2D eigenvalue weighted by atomic mass is 9.94. The van der Waals surface area contributed by atoms with Gasteiger partial charge in [-0.2, -0.15) is 0 Å². The quantitative estimate of drug-likeness (QED) is 0.787. The van der Waals surface area contributed by atoms with Crippen LogP contribution in [-0.4, -0.2) is 48.8 Å². The Balaban J connectivity index is 1.78. The maximum absolute atomic E-state index is 10.9. The normalized spacial score (nSPS) is 29.1. The molecule has 0 aliphatic carbocycles. The van der Waals surface area contributed by atoms with E-state index in [0.717, 1.165) is 58.5 Å². The summed E-state index contributed by atoms with van der Waals surface area (Å²) in [5.74, 6) is -0.0634. The molecule has 1 N–H and O–H groups in total. The Hall–Kier alpha value is -0.610. The third-order valence-electron chi connectivity index (χ3n) is 3.71. The van der Waals surface area contributed by atoms with Gasteiger partial charge in [-0.15, -0.1) is 0 Å². The van der Waals surface area contributed by atoms with Gasteiger partial charge in [0.2, 0.25) is 0 Å². The van der Waals surface area contributed by atoms with Crippen LogP contribution in [0.15, 0.2) is 0 Å². The van der Waals surface area contributed by atoms with Crippen molar-refractivity contribution in [3.05, 3.63) is 0 Å². The van der Waals surface area contributed by atoms with Crippen molar-refractivity contribution in [3.8, 4) is 0 Å². The average molecular weight is 227 g/mol. The summed E-state index contributed by atoms with van der Waals surface area (Å²) in [6.07, 6.45) is 4.14. The predicted molar refractivity (Wildman–Crippen MR) is 60.3 cm³/mol. The summed E-state index contributed by atoms with van der Waals surface area (Å²) in [5, 5.41) is 9.02. The lowest BCUT2D eigenvalue weighted by Crippen LogP contribution is -2.41. The second-order valence-electron chi connectivity index (χ2n) is 4.99. The number of carbonyl (C=O) groups is 1. The molecule has 2 fully saturated rings. The standard InChI is InChI=1S/C12H21NO3/c14-12(15)11-2-1-5-13(9-11)8-10-3-6-16-7-4-10/h10-11H,1-9H2,(H,14,15). The smallest absolute Gasteiger partial charge is 0.307 e. The van der Waals surface area contributed by atoms with E-state index in [0.29, 0.717) is 5.92 Å². The molecule has 0 amide bonds. The van der Waals surface area contributed by atoms with Gasteiger partial charge in [0.1, 0.15) is 0 Å². The third kappa shape index (κ3) is 3.19. The van der Waals surface area contributed by atoms with Crippen molar-refractivity contribution in [3.63, 3.8) is 0 Å². The van der Waals surface area contributed by atoms with Gasteiger partial charge in [-0.1, -0.05) is 0 Å². The van der Waals surface area contributed by atoms with E-state index in [1.54, 1.807) is 0 Å². The zero-order valence-corrected chi connectivity index (χ0v) is 9.73. The summed E-state index contributed by atoms with van der Waals surface area (Å²) >= 11 is 0. The zero-order chi connectivity index (χ0) is 11.4. The largest absolute Gasteiger partial charge is 0.481 e. The van der Waals surface area contributed by atoms with E-state index in [1.807, 2.05) is 0 Å². The molecule has 2 saturated heterocycles. The van der Waals surface area contributed by atoms with Crippen molar-refractivity contribution < 1.29 is 14.6 Å². The van der Waals surface area contributed by atoms with Gasteiger partial charge in [0.15, 0.2) is 0 Å². The Morgan fingerprint density at radius 2 is 2.06 bits per heavy atom. The summed E-state index contributed by atoms with van der Waals surface area (Å²) in [6, 6.07) is 0. The number of carboxylic acid groups (broad SMARTS) is 1. The summed E-state index contributed by atoms with van der Waals surface area (Å²) in [6.45, 7) is 4.63. The molecular weight excluding hydrogens is 206 g/mol. The van der Waals surface area contributed by atoms with Crippen molar-refractivity contribution in [2.45, 2.75) is 25.7 Å². The van der Waals surface area contributed by atoms with Crippen molar-refractivity contribution in [2.24, 2.45) is 11.8 Å². The molecule has 4 nitrogen and oxygen atoms in total. The molecule has 0 aromatic rings. The number of nitrogens with zero attached hydrogens (tertiary/aromatic N) is 1. The third-order valence-corrected chi connectivity index (χ3v) is 3.71. The van der Waals surface area contributed by atoms with Crippen molar-refractivity contribution in [1.29, 1.82) is 0 Å². The number of likely N-dealkylation sites (tertiary alicyclic amines) is 1. The molecule has 0 bridgehead atoms. The number of hydrogen-bond donors (Lipinski definition) is 1. The highest BCUT2D eigenvalue weighted by molar-refractivity contribution is 5.70. The first-order valence-electron chi connectivity index (χ1n) is 6.28. The number of carboxylic acids is 1. The van der Waals surface area contributed by atoms with Crippen LogP contribution in [0.3, 0.4) is 0 Å². The van der Waals surface area contributed by atoms with Gasteiger partial charge < -0.3 is 14.7 Å². The molecule has 0 radical (unpaired) electrons. The van der Waals surface area contributed by atoms with Crippen LogP contribution in [0.25, 0.3) is 0 Å². The number of aliphatic carboxylic acids is 1. The first-order chi connectivity index (χ1) is 7.75. The fourth-order valence-electron chi connectivity index (χ4n) is 2.72. The average Bonchev–Trinajstić information content (AvgIpc) is 2.30. The lowest BCUT2D eigenvalue weighted by Gasteiger charge is -2.34. The topological polar surface area (TPSA) is 49.8 Å². The Kier molecular flexibility index (Phi) is 4.18. The van der Waals surface area contributed by atoms with Crippen LogP contribution in [0.4, 0.5) is 0 Å². The first kappa shape index (κ1) is 11.9. The monoisotopic (exact) mass is 227 g/mol. The molecule has 4 heteroatoms. The van der Waals surface area contributed by atoms with Gasteiger partial charge in [0.05, 0.1) is 5.92 Å². The van der Waals surface area contributed by atoms with Crippen LogP contribution in [0.5, 0.6) is 0 Å². The van der Waals surface area contributed by atoms with Crippen LogP contribution in [0, 0.1) is 11.8 Å². The van der Waals surface area contributed by atoms with E-state index < -0.39 is 5.97 Å². The molecule has 2 aliphatic heterocycles. The Labute approximate surface area is 96.6 Å². The summed E-state index contributed by atoms with van der Waals surface area (Å²) in [5.41, 5.74) is 0. The predicted octanol–water partition coefficient (Wildman–Crippen LogP) is 1.21. The lowest BCUT2D eigenvalue weighted by molar-refractivity contribution is -0.143. The van der Waals surface area contributed by atoms with Crippen molar-refractivity contribution in [2.75, 3.05) is 32.8 Å². The maximum atomic E-state index is 10.9. The van der Waals surface area contributed by atoms with Crippen molar-refractivity contribution >= 4 is 5.97 Å². The summed E-state index contributed by atoms with van der Waals surface area (Å²) in [7, 11) is 0. The van der Waals surface area contributed by atoms with Gasteiger partial charge in [0, 0.05) is 26.3 Å². The SMILES string of the molecule is O=C(O)C1CCCN(CC2CCOCC2)C1. The molecule has 0 aromatic carbocycles. The van der Waals surface area contributed by atoms with Crippen LogP contribution in [-0.2, 0) is 9.53 Å². The molecule has 2 heterocycles. The molecule has 0 aromatic heterocycles. The van der Waals surface area contributed by atoms with Gasteiger partial charge in [-0.25, -0.2) is 0 Å². The van der Waals surface area contributed by atoms with Gasteiger partial charge in [-0.3, -0.25) is 4.79 Å². The van der Waals surface area contributed by atoms with E-state index in [1.165, 1.54) is 0 Å². The molecule has 2 rings (SSSR count). The second-order valence-corrected chi connectivity index (χ2v) is 4.99. The highest BCUT2D eigenvalue weighted by Crippen LogP contribution is 2.21. The molecule has 0 spiro atoms. The molecule has 0 saturated carbocycles. The highest BCUT2D eigenvalue weighted by Gasteiger charge is 2.27. The first-order valence-corrected chi connectivity index (χ1v) is 6.28.